The van der Waals surface area contributed by atoms with Gasteiger partial charge in [0.2, 0.25) is 0 Å². The first-order valence-corrected chi connectivity index (χ1v) is 5.38. The first-order valence-electron chi connectivity index (χ1n) is 5.38. The molecular formula is C13H17FN2O. The van der Waals surface area contributed by atoms with E-state index < -0.39 is 5.54 Å². The molecule has 1 rings (SSSR count). The fraction of sp³-hybridized carbons (Fsp3) is 0.308. The maximum atomic E-state index is 12.8. The van der Waals surface area contributed by atoms with E-state index in [1.807, 2.05) is 13.8 Å². The zero-order chi connectivity index (χ0) is 12.9. The van der Waals surface area contributed by atoms with E-state index in [-0.39, 0.29) is 11.8 Å². The summed E-state index contributed by atoms with van der Waals surface area (Å²) in [7, 11) is 0. The van der Waals surface area contributed by atoms with E-state index in [4.69, 9.17) is 0 Å². The standard InChI is InChI=1S/C13H17FN2O/c1-4-9-15-12(17)16-13(2,3)10-5-7-11(14)8-6-10/h4-8H,1,9H2,2-3H3,(H2,15,16,17). The van der Waals surface area contributed by atoms with Crippen molar-refractivity contribution >= 4 is 6.03 Å². The Morgan fingerprint density at radius 2 is 2.00 bits per heavy atom. The van der Waals surface area contributed by atoms with Gasteiger partial charge in [-0.05, 0) is 31.5 Å². The average Bonchev–Trinajstić information content (AvgIpc) is 2.26. The number of rotatable bonds is 4. The van der Waals surface area contributed by atoms with Crippen molar-refractivity contribution in [3.63, 3.8) is 0 Å². The van der Waals surface area contributed by atoms with Gasteiger partial charge in [-0.15, -0.1) is 6.58 Å². The zero-order valence-corrected chi connectivity index (χ0v) is 10.1. The largest absolute Gasteiger partial charge is 0.335 e. The fourth-order valence-electron chi connectivity index (χ4n) is 1.43. The van der Waals surface area contributed by atoms with Gasteiger partial charge in [0.05, 0.1) is 5.54 Å². The Kier molecular flexibility index (Phi) is 4.26. The minimum absolute atomic E-state index is 0.278. The van der Waals surface area contributed by atoms with Gasteiger partial charge in [-0.1, -0.05) is 18.2 Å². The first kappa shape index (κ1) is 13.2. The summed E-state index contributed by atoms with van der Waals surface area (Å²) >= 11 is 0. The topological polar surface area (TPSA) is 41.1 Å². The summed E-state index contributed by atoms with van der Waals surface area (Å²) in [6, 6.07) is 5.78. The van der Waals surface area contributed by atoms with E-state index in [1.165, 1.54) is 12.1 Å². The van der Waals surface area contributed by atoms with Crippen molar-refractivity contribution in [2.24, 2.45) is 0 Å². The molecule has 2 N–H and O–H groups in total. The Morgan fingerprint density at radius 3 is 2.53 bits per heavy atom. The van der Waals surface area contributed by atoms with Crippen molar-refractivity contribution in [3.05, 3.63) is 48.3 Å². The Morgan fingerprint density at radius 1 is 1.41 bits per heavy atom. The second-order valence-electron chi connectivity index (χ2n) is 4.26. The molecule has 1 aromatic carbocycles. The third-order valence-electron chi connectivity index (χ3n) is 2.40. The van der Waals surface area contributed by atoms with Crippen LogP contribution in [0.4, 0.5) is 9.18 Å². The van der Waals surface area contributed by atoms with Gasteiger partial charge in [0.15, 0.2) is 0 Å². The van der Waals surface area contributed by atoms with Crippen LogP contribution in [0.25, 0.3) is 0 Å². The highest BCUT2D eigenvalue weighted by molar-refractivity contribution is 5.75. The molecule has 0 aliphatic rings. The van der Waals surface area contributed by atoms with Crippen molar-refractivity contribution in [2.45, 2.75) is 19.4 Å². The molecule has 0 saturated heterocycles. The molecule has 0 aromatic heterocycles. The lowest BCUT2D eigenvalue weighted by Crippen LogP contribution is -2.46. The minimum Gasteiger partial charge on any atom is -0.335 e. The average molecular weight is 236 g/mol. The molecule has 0 atom stereocenters. The van der Waals surface area contributed by atoms with E-state index in [0.717, 1.165) is 5.56 Å². The predicted octanol–water partition coefficient (Wildman–Crippen LogP) is 2.55. The molecule has 0 aliphatic heterocycles. The molecule has 3 nitrogen and oxygen atoms in total. The maximum absolute atomic E-state index is 12.8. The maximum Gasteiger partial charge on any atom is 0.315 e. The van der Waals surface area contributed by atoms with E-state index in [2.05, 4.69) is 17.2 Å². The number of nitrogens with one attached hydrogen (secondary N) is 2. The van der Waals surface area contributed by atoms with Gasteiger partial charge >= 0.3 is 6.03 Å². The van der Waals surface area contributed by atoms with Crippen LogP contribution >= 0.6 is 0 Å². The number of hydrogen-bond acceptors (Lipinski definition) is 1. The van der Waals surface area contributed by atoms with Gasteiger partial charge in [-0.25, -0.2) is 9.18 Å². The van der Waals surface area contributed by atoms with E-state index in [9.17, 15) is 9.18 Å². The monoisotopic (exact) mass is 236 g/mol. The molecule has 0 radical (unpaired) electrons. The second-order valence-corrected chi connectivity index (χ2v) is 4.26. The molecule has 0 fully saturated rings. The molecule has 0 heterocycles. The van der Waals surface area contributed by atoms with Gasteiger partial charge in [0.1, 0.15) is 5.82 Å². The number of urea groups is 1. The van der Waals surface area contributed by atoms with Crippen molar-refractivity contribution in [2.75, 3.05) is 6.54 Å². The molecule has 1 aromatic rings. The number of amides is 2. The highest BCUT2D eigenvalue weighted by Gasteiger charge is 2.22. The summed E-state index contributed by atoms with van der Waals surface area (Å²) in [5, 5.41) is 5.43. The molecule has 0 bridgehead atoms. The van der Waals surface area contributed by atoms with Crippen LogP contribution in [-0.4, -0.2) is 12.6 Å². The number of carbonyl (C=O) groups excluding carboxylic acids is 1. The Balaban J connectivity index is 2.70. The summed E-state index contributed by atoms with van der Waals surface area (Å²) in [5.41, 5.74) is 0.284. The minimum atomic E-state index is -0.557. The van der Waals surface area contributed by atoms with Crippen molar-refractivity contribution in [3.8, 4) is 0 Å². The molecule has 2 amide bonds. The quantitative estimate of drug-likeness (QED) is 0.775. The smallest absolute Gasteiger partial charge is 0.315 e. The highest BCUT2D eigenvalue weighted by atomic mass is 19.1. The summed E-state index contributed by atoms with van der Waals surface area (Å²) in [6.07, 6.45) is 1.60. The van der Waals surface area contributed by atoms with Crippen LogP contribution in [0.2, 0.25) is 0 Å². The zero-order valence-electron chi connectivity index (χ0n) is 10.1. The lowest BCUT2D eigenvalue weighted by Gasteiger charge is -2.26. The molecular weight excluding hydrogens is 219 g/mol. The van der Waals surface area contributed by atoms with Crippen LogP contribution in [0, 0.1) is 5.82 Å². The number of carbonyl (C=O) groups is 1. The molecule has 17 heavy (non-hydrogen) atoms. The summed E-state index contributed by atoms with van der Waals surface area (Å²) in [6.45, 7) is 7.63. The van der Waals surface area contributed by atoms with Crippen LogP contribution < -0.4 is 10.6 Å². The van der Waals surface area contributed by atoms with Gasteiger partial charge in [-0.2, -0.15) is 0 Å². The number of halogens is 1. The fourth-order valence-corrected chi connectivity index (χ4v) is 1.43. The Bertz CT molecular complexity index is 398. The van der Waals surface area contributed by atoms with E-state index >= 15 is 0 Å². The Hall–Kier alpha value is -1.84. The summed E-state index contributed by atoms with van der Waals surface area (Å²) in [4.78, 5) is 11.5. The van der Waals surface area contributed by atoms with Crippen molar-refractivity contribution in [1.82, 2.24) is 10.6 Å². The SMILES string of the molecule is C=CCNC(=O)NC(C)(C)c1ccc(F)cc1. The molecule has 0 spiro atoms. The molecule has 4 heteroatoms. The van der Waals surface area contributed by atoms with E-state index in [1.54, 1.807) is 18.2 Å². The molecule has 92 valence electrons. The molecule has 0 aliphatic carbocycles. The third-order valence-corrected chi connectivity index (χ3v) is 2.40. The highest BCUT2D eigenvalue weighted by Crippen LogP contribution is 2.19. The van der Waals surface area contributed by atoms with Gasteiger partial charge in [-0.3, -0.25) is 0 Å². The predicted molar refractivity (Wildman–Crippen MR) is 66.2 cm³/mol. The first-order chi connectivity index (χ1) is 7.95. The molecule has 0 unspecified atom stereocenters. The third kappa shape index (κ3) is 3.90. The second kappa shape index (κ2) is 5.48. The van der Waals surface area contributed by atoms with Crippen LogP contribution in [-0.2, 0) is 5.54 Å². The summed E-state index contributed by atoms with van der Waals surface area (Å²) < 4.78 is 12.8. The lowest BCUT2D eigenvalue weighted by molar-refractivity contribution is 0.231. The molecule has 0 saturated carbocycles. The van der Waals surface area contributed by atoms with Gasteiger partial charge in [0.25, 0.3) is 0 Å². The van der Waals surface area contributed by atoms with Crippen LogP contribution in [0.1, 0.15) is 19.4 Å². The van der Waals surface area contributed by atoms with Crippen LogP contribution in [0.3, 0.4) is 0 Å². The van der Waals surface area contributed by atoms with Crippen molar-refractivity contribution < 1.29 is 9.18 Å². The van der Waals surface area contributed by atoms with Gasteiger partial charge < -0.3 is 10.6 Å². The van der Waals surface area contributed by atoms with Gasteiger partial charge in [0, 0.05) is 6.54 Å². The summed E-state index contributed by atoms with van der Waals surface area (Å²) in [5.74, 6) is -0.291. The Labute approximate surface area is 101 Å². The van der Waals surface area contributed by atoms with Crippen LogP contribution in [0.5, 0.6) is 0 Å². The lowest BCUT2D eigenvalue weighted by atomic mass is 9.94. The normalized spacial score (nSPS) is 10.8. The number of benzene rings is 1. The van der Waals surface area contributed by atoms with E-state index in [0.29, 0.717) is 6.54 Å². The van der Waals surface area contributed by atoms with Crippen molar-refractivity contribution in [1.29, 1.82) is 0 Å². The van der Waals surface area contributed by atoms with Crippen LogP contribution in [0.15, 0.2) is 36.9 Å². The number of hydrogen-bond donors (Lipinski definition) is 2.